The van der Waals surface area contributed by atoms with Crippen molar-refractivity contribution in [1.82, 2.24) is 19.8 Å². The van der Waals surface area contributed by atoms with Crippen LogP contribution < -0.4 is 4.90 Å². The number of anilines is 1. The highest BCUT2D eigenvalue weighted by Crippen LogP contribution is 2.28. The third kappa shape index (κ3) is 6.84. The number of piperidine rings is 1. The molecule has 1 aromatic heterocycles. The number of carbonyl (C=O) groups excluding carboxylic acids is 1. The first-order valence-corrected chi connectivity index (χ1v) is 12.1. The molecular weight excluding hydrogens is 459 g/mol. The Kier molecular flexibility index (Phi) is 8.10. The molecule has 2 saturated heterocycles. The molecule has 4 rings (SSSR count). The molecule has 0 aliphatic carbocycles. The van der Waals surface area contributed by atoms with E-state index in [1.54, 1.807) is 4.90 Å². The number of hydrogen-bond acceptors (Lipinski definition) is 6. The van der Waals surface area contributed by atoms with Gasteiger partial charge in [-0.05, 0) is 50.8 Å². The Balaban J connectivity index is 1.16. The average molecular weight is 492 g/mol. The lowest BCUT2D eigenvalue weighted by Crippen LogP contribution is -2.54. The number of piperazine rings is 1. The van der Waals surface area contributed by atoms with Crippen LogP contribution in [0.4, 0.5) is 23.8 Å². The molecule has 0 radical (unpaired) electrons. The molecule has 0 N–H and O–H groups in total. The maximum Gasteiger partial charge on any atom is 0.434 e. The number of ether oxygens (including phenoxy) is 1. The highest BCUT2D eigenvalue weighted by Gasteiger charge is 2.34. The van der Waals surface area contributed by atoms with Gasteiger partial charge in [0, 0.05) is 32.2 Å². The molecule has 1 aromatic carbocycles. The van der Waals surface area contributed by atoms with Crippen molar-refractivity contribution in [2.75, 3.05) is 44.2 Å². The summed E-state index contributed by atoms with van der Waals surface area (Å²) in [7, 11) is 0. The van der Waals surface area contributed by atoms with Crippen LogP contribution in [0.3, 0.4) is 0 Å². The maximum atomic E-state index is 12.7. The number of alkyl halides is 3. The van der Waals surface area contributed by atoms with Gasteiger partial charge in [-0.25, -0.2) is 14.8 Å². The Hall–Kier alpha value is -2.88. The topological polar surface area (TPSA) is 61.8 Å². The second kappa shape index (κ2) is 11.2. The van der Waals surface area contributed by atoms with E-state index in [4.69, 9.17) is 4.74 Å². The van der Waals surface area contributed by atoms with Crippen molar-refractivity contribution in [3.63, 3.8) is 0 Å². The van der Waals surface area contributed by atoms with E-state index in [0.29, 0.717) is 38.0 Å². The van der Waals surface area contributed by atoms with Crippen LogP contribution in [-0.2, 0) is 17.5 Å². The van der Waals surface area contributed by atoms with Crippen molar-refractivity contribution in [2.45, 2.75) is 44.9 Å². The average Bonchev–Trinajstić information content (AvgIpc) is 2.85. The largest absolute Gasteiger partial charge is 0.449 e. The van der Waals surface area contributed by atoms with Gasteiger partial charge in [0.1, 0.15) is 5.82 Å². The first-order valence-electron chi connectivity index (χ1n) is 12.1. The lowest BCUT2D eigenvalue weighted by atomic mass is 9.93. The van der Waals surface area contributed by atoms with E-state index < -0.39 is 11.9 Å². The molecule has 2 aliphatic rings. The van der Waals surface area contributed by atoms with Crippen molar-refractivity contribution in [2.24, 2.45) is 5.92 Å². The zero-order valence-electron chi connectivity index (χ0n) is 20.0. The van der Waals surface area contributed by atoms with Gasteiger partial charge >= 0.3 is 12.3 Å². The molecular formula is C25H32F3N5O2. The Morgan fingerprint density at radius 2 is 1.80 bits per heavy atom. The van der Waals surface area contributed by atoms with Crippen LogP contribution in [0.15, 0.2) is 42.7 Å². The molecule has 1 unspecified atom stereocenters. The second-order valence-electron chi connectivity index (χ2n) is 9.35. The Morgan fingerprint density at radius 3 is 2.43 bits per heavy atom. The number of aromatic nitrogens is 2. The summed E-state index contributed by atoms with van der Waals surface area (Å²) in [4.78, 5) is 26.0. The Bertz CT molecular complexity index is 950. The number of rotatable bonds is 6. The first kappa shape index (κ1) is 25.2. The molecule has 1 amide bonds. The summed E-state index contributed by atoms with van der Waals surface area (Å²) >= 11 is 0. The standard InChI is InChI=1S/C25H32F3N5O2/c1-19-17-32(23-16-29-22(15-30-23)25(26,27)28)12-13-33(19)24(34)35-14-9-20-7-10-31(11-8-20)18-21-5-3-2-4-6-21/h2-6,15-16,19-20H,7-14,17-18H2,1H3. The van der Waals surface area contributed by atoms with E-state index in [2.05, 4.69) is 39.1 Å². The third-order valence-electron chi connectivity index (χ3n) is 6.82. The van der Waals surface area contributed by atoms with E-state index in [0.717, 1.165) is 51.3 Å². The molecule has 0 saturated carbocycles. The number of benzene rings is 1. The molecule has 2 aromatic rings. The van der Waals surface area contributed by atoms with Crippen LogP contribution in [0.25, 0.3) is 0 Å². The van der Waals surface area contributed by atoms with Gasteiger partial charge in [0.25, 0.3) is 0 Å². The normalized spacial score (nSPS) is 20.2. The minimum atomic E-state index is -4.51. The number of likely N-dealkylation sites (tertiary alicyclic amines) is 1. The quantitative estimate of drug-likeness (QED) is 0.595. The molecule has 0 spiro atoms. The summed E-state index contributed by atoms with van der Waals surface area (Å²) in [6.07, 6.45) is 0.0981. The van der Waals surface area contributed by atoms with Crippen LogP contribution in [-0.4, -0.2) is 71.2 Å². The number of hydrogen-bond donors (Lipinski definition) is 0. The lowest BCUT2D eigenvalue weighted by molar-refractivity contribution is -0.141. The first-order chi connectivity index (χ1) is 16.8. The molecule has 2 aliphatic heterocycles. The van der Waals surface area contributed by atoms with Gasteiger partial charge in [-0.15, -0.1) is 0 Å². The van der Waals surface area contributed by atoms with Crippen molar-refractivity contribution in [3.05, 3.63) is 54.0 Å². The molecule has 7 nitrogen and oxygen atoms in total. The van der Waals surface area contributed by atoms with E-state index in [1.807, 2.05) is 17.9 Å². The summed E-state index contributed by atoms with van der Waals surface area (Å²) in [5.74, 6) is 0.929. The third-order valence-corrected chi connectivity index (χ3v) is 6.82. The zero-order valence-corrected chi connectivity index (χ0v) is 20.0. The van der Waals surface area contributed by atoms with Gasteiger partial charge in [-0.1, -0.05) is 30.3 Å². The predicted octanol–water partition coefficient (Wildman–Crippen LogP) is 4.44. The maximum absolute atomic E-state index is 12.7. The summed E-state index contributed by atoms with van der Waals surface area (Å²) in [6, 6.07) is 10.3. The SMILES string of the molecule is CC1CN(c2cnc(C(F)(F)F)cn2)CCN1C(=O)OCCC1CCN(Cc2ccccc2)CC1. The minimum Gasteiger partial charge on any atom is -0.449 e. The zero-order chi connectivity index (χ0) is 24.8. The number of amides is 1. The van der Waals surface area contributed by atoms with Gasteiger partial charge in [-0.3, -0.25) is 4.90 Å². The van der Waals surface area contributed by atoms with E-state index in [9.17, 15) is 18.0 Å². The van der Waals surface area contributed by atoms with Crippen LogP contribution in [0.5, 0.6) is 0 Å². The molecule has 0 bridgehead atoms. The fourth-order valence-corrected chi connectivity index (χ4v) is 4.74. The van der Waals surface area contributed by atoms with Crippen molar-refractivity contribution >= 4 is 11.9 Å². The van der Waals surface area contributed by atoms with Gasteiger partial charge in [0.15, 0.2) is 5.69 Å². The van der Waals surface area contributed by atoms with E-state index in [-0.39, 0.29) is 12.1 Å². The molecule has 3 heterocycles. The van der Waals surface area contributed by atoms with E-state index in [1.165, 1.54) is 5.56 Å². The van der Waals surface area contributed by atoms with Gasteiger partial charge in [0.2, 0.25) is 0 Å². The molecule has 2 fully saturated rings. The molecule has 1 atom stereocenters. The predicted molar refractivity (Wildman–Crippen MR) is 126 cm³/mol. The van der Waals surface area contributed by atoms with Crippen molar-refractivity contribution < 1.29 is 22.7 Å². The molecule has 190 valence electrons. The number of nitrogens with zero attached hydrogens (tertiary/aromatic N) is 5. The van der Waals surface area contributed by atoms with Crippen LogP contribution >= 0.6 is 0 Å². The smallest absolute Gasteiger partial charge is 0.434 e. The Labute approximate surface area is 203 Å². The number of carbonyl (C=O) groups is 1. The highest BCUT2D eigenvalue weighted by atomic mass is 19.4. The van der Waals surface area contributed by atoms with Gasteiger partial charge in [0.05, 0.1) is 19.0 Å². The summed E-state index contributed by atoms with van der Waals surface area (Å²) < 4.78 is 43.7. The van der Waals surface area contributed by atoms with Crippen molar-refractivity contribution in [3.8, 4) is 0 Å². The Morgan fingerprint density at radius 1 is 1.06 bits per heavy atom. The van der Waals surface area contributed by atoms with E-state index >= 15 is 0 Å². The highest BCUT2D eigenvalue weighted by molar-refractivity contribution is 5.68. The molecule has 10 heteroatoms. The van der Waals surface area contributed by atoms with Crippen LogP contribution in [0.2, 0.25) is 0 Å². The molecule has 35 heavy (non-hydrogen) atoms. The minimum absolute atomic E-state index is 0.151. The second-order valence-corrected chi connectivity index (χ2v) is 9.35. The fraction of sp³-hybridized carbons (Fsp3) is 0.560. The van der Waals surface area contributed by atoms with Crippen LogP contribution in [0.1, 0.15) is 37.4 Å². The van der Waals surface area contributed by atoms with Gasteiger partial charge < -0.3 is 14.5 Å². The monoisotopic (exact) mass is 491 g/mol. The fourth-order valence-electron chi connectivity index (χ4n) is 4.74. The summed E-state index contributed by atoms with van der Waals surface area (Å²) in [5, 5.41) is 0. The summed E-state index contributed by atoms with van der Waals surface area (Å²) in [5.41, 5.74) is 0.317. The lowest BCUT2D eigenvalue weighted by Gasteiger charge is -2.39. The van der Waals surface area contributed by atoms with Gasteiger partial charge in [-0.2, -0.15) is 13.2 Å². The van der Waals surface area contributed by atoms with Crippen LogP contribution in [0, 0.1) is 5.92 Å². The van der Waals surface area contributed by atoms with Crippen molar-refractivity contribution in [1.29, 1.82) is 0 Å². The summed E-state index contributed by atoms with van der Waals surface area (Å²) in [6.45, 7) is 6.71. The number of halogens is 3.